The van der Waals surface area contributed by atoms with E-state index in [0.29, 0.717) is 24.6 Å². The van der Waals surface area contributed by atoms with Gasteiger partial charge in [0.05, 0.1) is 6.04 Å². The summed E-state index contributed by atoms with van der Waals surface area (Å²) in [6.45, 7) is 2.72. The fourth-order valence-corrected chi connectivity index (χ4v) is 2.96. The Bertz CT molecular complexity index is 766. The van der Waals surface area contributed by atoms with Gasteiger partial charge in [-0.2, -0.15) is 5.10 Å². The Morgan fingerprint density at radius 1 is 1.44 bits per heavy atom. The average Bonchev–Trinajstić information content (AvgIpc) is 3.42. The monoisotopic (exact) mass is 337 g/mol. The Hall–Kier alpha value is -2.61. The van der Waals surface area contributed by atoms with Gasteiger partial charge in [-0.1, -0.05) is 17.9 Å². The molecular weight excluding hydrogens is 312 g/mol. The second-order valence-electron chi connectivity index (χ2n) is 6.80. The van der Waals surface area contributed by atoms with Crippen molar-refractivity contribution in [2.45, 2.75) is 45.1 Å². The number of benzene rings is 1. The molecule has 1 unspecified atom stereocenters. The molecular formula is C20H25N4O+. The van der Waals surface area contributed by atoms with E-state index in [2.05, 4.69) is 33.3 Å². The van der Waals surface area contributed by atoms with Crippen LogP contribution < -0.4 is 16.2 Å². The molecule has 1 heterocycles. The van der Waals surface area contributed by atoms with Gasteiger partial charge in [0, 0.05) is 23.5 Å². The summed E-state index contributed by atoms with van der Waals surface area (Å²) in [7, 11) is 0. The zero-order valence-corrected chi connectivity index (χ0v) is 14.6. The molecule has 130 valence electrons. The maximum Gasteiger partial charge on any atom is 0.220 e. The molecule has 1 aromatic carbocycles. The van der Waals surface area contributed by atoms with E-state index in [9.17, 15) is 4.79 Å². The van der Waals surface area contributed by atoms with E-state index in [1.54, 1.807) is 0 Å². The molecule has 1 aromatic rings. The second-order valence-corrected chi connectivity index (χ2v) is 6.80. The van der Waals surface area contributed by atoms with Crippen LogP contribution in [-0.2, 0) is 4.79 Å². The van der Waals surface area contributed by atoms with Gasteiger partial charge >= 0.3 is 0 Å². The van der Waals surface area contributed by atoms with Gasteiger partial charge < -0.3 is 11.2 Å². The number of hydrazone groups is 1. The first-order valence-electron chi connectivity index (χ1n) is 8.92. The van der Waals surface area contributed by atoms with Crippen molar-refractivity contribution in [1.29, 1.82) is 0 Å². The summed E-state index contributed by atoms with van der Waals surface area (Å²) in [5.41, 5.74) is 3.80. The van der Waals surface area contributed by atoms with E-state index in [-0.39, 0.29) is 11.9 Å². The third kappa shape index (κ3) is 4.93. The molecule has 1 aliphatic heterocycles. The first kappa shape index (κ1) is 17.2. The van der Waals surface area contributed by atoms with Gasteiger partial charge in [-0.3, -0.25) is 4.79 Å². The Labute approximate surface area is 148 Å². The summed E-state index contributed by atoms with van der Waals surface area (Å²) >= 11 is 0. The van der Waals surface area contributed by atoms with Gasteiger partial charge in [0.15, 0.2) is 18.5 Å². The van der Waals surface area contributed by atoms with Crippen LogP contribution >= 0.6 is 0 Å². The number of amides is 1. The van der Waals surface area contributed by atoms with E-state index < -0.39 is 0 Å². The number of hydrogen-bond donors (Lipinski definition) is 3. The number of carbonyl (C=O) groups excluding carboxylic acids is 1. The summed E-state index contributed by atoms with van der Waals surface area (Å²) in [6, 6.07) is 6.26. The third-order valence-electron chi connectivity index (χ3n) is 4.56. The molecule has 2 fully saturated rings. The fourth-order valence-electron chi connectivity index (χ4n) is 2.96. The molecule has 1 aliphatic carbocycles. The maximum atomic E-state index is 11.4. The predicted octanol–water partition coefficient (Wildman–Crippen LogP) is 0.239. The number of carbonyl (C=O) groups is 1. The molecule has 1 atom stereocenters. The largest absolute Gasteiger partial charge is 0.347 e. The lowest BCUT2D eigenvalue weighted by atomic mass is 10.0. The van der Waals surface area contributed by atoms with Gasteiger partial charge in [0.25, 0.3) is 0 Å². The van der Waals surface area contributed by atoms with E-state index in [1.807, 2.05) is 25.3 Å². The zero-order chi connectivity index (χ0) is 17.6. The molecule has 0 aromatic heterocycles. The smallest absolute Gasteiger partial charge is 0.220 e. The van der Waals surface area contributed by atoms with Gasteiger partial charge in [-0.25, -0.2) is 4.99 Å². The molecule has 0 spiro atoms. The highest BCUT2D eigenvalue weighted by atomic mass is 16.1. The van der Waals surface area contributed by atoms with Gasteiger partial charge in [-0.15, -0.1) is 0 Å². The van der Waals surface area contributed by atoms with Crippen LogP contribution in [0.5, 0.6) is 0 Å². The molecule has 4 N–H and O–H groups in total. The number of aryl methyl sites for hydroxylation is 1. The van der Waals surface area contributed by atoms with Crippen LogP contribution in [0.1, 0.15) is 48.8 Å². The van der Waals surface area contributed by atoms with Crippen molar-refractivity contribution in [2.75, 3.05) is 6.54 Å². The maximum absolute atomic E-state index is 11.4. The lowest BCUT2D eigenvalue weighted by Crippen LogP contribution is -2.75. The molecule has 3 rings (SSSR count). The number of hydrogen-bond acceptors (Lipinski definition) is 3. The first-order chi connectivity index (χ1) is 12.2. The SMILES string of the molecule is Cc1cc(C#CC2CC2)ccc1/C(C=[NH+]CC1CCCC(=O)N1)=N/N. The minimum atomic E-state index is 0.129. The number of nitrogens with one attached hydrogen (secondary N) is 2. The van der Waals surface area contributed by atoms with Crippen molar-refractivity contribution >= 4 is 17.8 Å². The number of piperidine rings is 1. The standard InChI is InChI=1S/C20H24N4O/c1-14-11-16(8-7-15-5-6-15)9-10-18(14)19(24-21)13-22-12-17-3-2-4-20(25)23-17/h9-11,13,15,17H,2-6,12,21H2,1H3,(H,23,25)/p+1/b22-13?,24-19+. The van der Waals surface area contributed by atoms with Crippen molar-refractivity contribution in [3.8, 4) is 11.8 Å². The van der Waals surface area contributed by atoms with Gasteiger partial charge in [-0.05, 0) is 50.3 Å². The summed E-state index contributed by atoms with van der Waals surface area (Å²) < 4.78 is 0. The number of nitrogens with two attached hydrogens (primary N) is 1. The van der Waals surface area contributed by atoms with Crippen LogP contribution in [0.25, 0.3) is 0 Å². The lowest BCUT2D eigenvalue weighted by molar-refractivity contribution is -0.454. The minimum Gasteiger partial charge on any atom is -0.347 e. The average molecular weight is 337 g/mol. The molecule has 25 heavy (non-hydrogen) atoms. The lowest BCUT2D eigenvalue weighted by Gasteiger charge is -2.19. The van der Waals surface area contributed by atoms with E-state index >= 15 is 0 Å². The van der Waals surface area contributed by atoms with Crippen LogP contribution in [0.2, 0.25) is 0 Å². The fraction of sp³-hybridized carbons (Fsp3) is 0.450. The molecule has 0 bridgehead atoms. The van der Waals surface area contributed by atoms with E-state index in [0.717, 1.165) is 29.5 Å². The van der Waals surface area contributed by atoms with Crippen LogP contribution in [0.4, 0.5) is 0 Å². The normalized spacial score (nSPS) is 20.9. The number of nitrogens with zero attached hydrogens (tertiary/aromatic N) is 1. The van der Waals surface area contributed by atoms with Crippen molar-refractivity contribution < 1.29 is 9.79 Å². The van der Waals surface area contributed by atoms with Gasteiger partial charge in [0.1, 0.15) is 0 Å². The summed E-state index contributed by atoms with van der Waals surface area (Å²) in [4.78, 5) is 14.7. The Kier molecular flexibility index (Phi) is 5.49. The molecule has 2 aliphatic rings. The van der Waals surface area contributed by atoms with Crippen molar-refractivity contribution in [1.82, 2.24) is 5.32 Å². The molecule has 5 nitrogen and oxygen atoms in total. The molecule has 1 amide bonds. The highest BCUT2D eigenvalue weighted by molar-refractivity contribution is 6.36. The highest BCUT2D eigenvalue weighted by Crippen LogP contribution is 2.27. The van der Waals surface area contributed by atoms with Crippen molar-refractivity contribution in [3.05, 3.63) is 34.9 Å². The van der Waals surface area contributed by atoms with Crippen LogP contribution in [0.3, 0.4) is 0 Å². The quantitative estimate of drug-likeness (QED) is 0.318. The van der Waals surface area contributed by atoms with Crippen LogP contribution in [-0.4, -0.2) is 30.4 Å². The zero-order valence-electron chi connectivity index (χ0n) is 14.6. The predicted molar refractivity (Wildman–Crippen MR) is 99.2 cm³/mol. The summed E-state index contributed by atoms with van der Waals surface area (Å²) in [6.07, 6.45) is 6.85. The number of rotatable bonds is 4. The van der Waals surface area contributed by atoms with E-state index in [4.69, 9.17) is 5.84 Å². The molecule has 5 heteroatoms. The van der Waals surface area contributed by atoms with Crippen LogP contribution in [0.15, 0.2) is 23.3 Å². The Balaban J connectivity index is 1.65. The Morgan fingerprint density at radius 2 is 2.28 bits per heavy atom. The van der Waals surface area contributed by atoms with E-state index in [1.165, 1.54) is 12.8 Å². The Morgan fingerprint density at radius 3 is 2.96 bits per heavy atom. The highest BCUT2D eigenvalue weighted by Gasteiger charge is 2.19. The van der Waals surface area contributed by atoms with Crippen molar-refractivity contribution in [3.63, 3.8) is 0 Å². The van der Waals surface area contributed by atoms with Crippen molar-refractivity contribution in [2.24, 2.45) is 16.9 Å². The summed E-state index contributed by atoms with van der Waals surface area (Å²) in [5.74, 6) is 12.8. The second kappa shape index (κ2) is 7.98. The molecule has 0 radical (unpaired) electrons. The van der Waals surface area contributed by atoms with Crippen LogP contribution in [0, 0.1) is 24.7 Å². The molecule has 1 saturated carbocycles. The third-order valence-corrected chi connectivity index (χ3v) is 4.56. The van der Waals surface area contributed by atoms with Gasteiger partial charge in [0.2, 0.25) is 5.91 Å². The molecule has 1 saturated heterocycles. The topological polar surface area (TPSA) is 81.5 Å². The summed E-state index contributed by atoms with van der Waals surface area (Å²) in [5, 5.41) is 6.89. The first-order valence-corrected chi connectivity index (χ1v) is 8.92. The minimum absolute atomic E-state index is 0.129.